The van der Waals surface area contributed by atoms with Crippen LogP contribution in [-0.2, 0) is 0 Å². The van der Waals surface area contributed by atoms with Crippen molar-refractivity contribution in [3.8, 4) is 0 Å². The topological polar surface area (TPSA) is 67.5 Å². The second-order valence-electron chi connectivity index (χ2n) is 5.23. The Morgan fingerprint density at radius 1 is 0.792 bits per heavy atom. The normalized spacial score (nSPS) is 11.1. The number of anilines is 1. The zero-order valence-corrected chi connectivity index (χ0v) is 13.0. The maximum absolute atomic E-state index is 12.2. The van der Waals surface area contributed by atoms with Crippen LogP contribution < -0.4 is 11.1 Å². The van der Waals surface area contributed by atoms with Gasteiger partial charge in [0.25, 0.3) is 5.91 Å². The lowest BCUT2D eigenvalue weighted by Crippen LogP contribution is -2.13. The SMILES string of the molecule is NC(=Nc1cccc(NC(=O)c2ccccc2)c1)c1ccccc1. The van der Waals surface area contributed by atoms with Crippen LogP contribution in [0.3, 0.4) is 0 Å². The molecule has 0 heterocycles. The molecule has 0 saturated carbocycles. The molecule has 3 aromatic rings. The summed E-state index contributed by atoms with van der Waals surface area (Å²) >= 11 is 0. The van der Waals surface area contributed by atoms with Crippen molar-refractivity contribution in [3.63, 3.8) is 0 Å². The van der Waals surface area contributed by atoms with Gasteiger partial charge in [0.1, 0.15) is 5.84 Å². The van der Waals surface area contributed by atoms with Gasteiger partial charge in [0, 0.05) is 16.8 Å². The fraction of sp³-hybridized carbons (Fsp3) is 0. The van der Waals surface area contributed by atoms with Crippen LogP contribution in [0, 0.1) is 0 Å². The first-order valence-corrected chi connectivity index (χ1v) is 7.58. The highest BCUT2D eigenvalue weighted by Crippen LogP contribution is 2.19. The molecule has 0 aliphatic carbocycles. The molecule has 1 amide bonds. The molecule has 0 fully saturated rings. The highest BCUT2D eigenvalue weighted by molar-refractivity contribution is 6.04. The molecule has 0 radical (unpaired) electrons. The second kappa shape index (κ2) is 7.24. The van der Waals surface area contributed by atoms with Crippen LogP contribution in [-0.4, -0.2) is 11.7 Å². The van der Waals surface area contributed by atoms with Crippen LogP contribution in [0.2, 0.25) is 0 Å². The van der Waals surface area contributed by atoms with Gasteiger partial charge in [-0.15, -0.1) is 0 Å². The number of amidine groups is 1. The molecule has 0 atom stereocenters. The highest BCUT2D eigenvalue weighted by Gasteiger charge is 2.05. The van der Waals surface area contributed by atoms with Crippen molar-refractivity contribution in [1.29, 1.82) is 0 Å². The highest BCUT2D eigenvalue weighted by atomic mass is 16.1. The standard InChI is InChI=1S/C20H17N3O/c21-19(15-8-3-1-4-9-15)22-17-12-7-13-18(14-17)23-20(24)16-10-5-2-6-11-16/h1-14H,(H2,21,22)(H,23,24). The average Bonchev–Trinajstić information content (AvgIpc) is 2.63. The lowest BCUT2D eigenvalue weighted by atomic mass is 10.2. The molecule has 3 rings (SSSR count). The molecule has 3 N–H and O–H groups in total. The first-order chi connectivity index (χ1) is 11.7. The fourth-order valence-electron chi connectivity index (χ4n) is 2.26. The number of benzene rings is 3. The van der Waals surface area contributed by atoms with Gasteiger partial charge in [-0.25, -0.2) is 4.99 Å². The number of nitrogens with zero attached hydrogens (tertiary/aromatic N) is 1. The van der Waals surface area contributed by atoms with Gasteiger partial charge in [-0.3, -0.25) is 4.79 Å². The van der Waals surface area contributed by atoms with Crippen molar-refractivity contribution in [2.75, 3.05) is 5.32 Å². The third kappa shape index (κ3) is 3.87. The molecule has 3 aromatic carbocycles. The number of rotatable bonds is 4. The molecule has 118 valence electrons. The van der Waals surface area contributed by atoms with Gasteiger partial charge in [-0.2, -0.15) is 0 Å². The predicted molar refractivity (Wildman–Crippen MR) is 97.7 cm³/mol. The van der Waals surface area contributed by atoms with E-state index in [1.54, 1.807) is 18.2 Å². The number of nitrogens with one attached hydrogen (secondary N) is 1. The average molecular weight is 315 g/mol. The van der Waals surface area contributed by atoms with Crippen LogP contribution in [0.15, 0.2) is 89.9 Å². The Morgan fingerprint density at radius 2 is 1.42 bits per heavy atom. The van der Waals surface area contributed by atoms with Gasteiger partial charge >= 0.3 is 0 Å². The summed E-state index contributed by atoms with van der Waals surface area (Å²) in [6, 6.07) is 25.9. The molecule has 0 unspecified atom stereocenters. The van der Waals surface area contributed by atoms with Crippen LogP contribution in [0.1, 0.15) is 15.9 Å². The molecule has 0 aromatic heterocycles. The van der Waals surface area contributed by atoms with Crippen molar-refractivity contribution >= 4 is 23.1 Å². The molecule has 4 nitrogen and oxygen atoms in total. The lowest BCUT2D eigenvalue weighted by molar-refractivity contribution is 0.102. The van der Waals surface area contributed by atoms with E-state index in [-0.39, 0.29) is 5.91 Å². The third-order valence-corrected chi connectivity index (χ3v) is 3.46. The lowest BCUT2D eigenvalue weighted by Gasteiger charge is -2.06. The van der Waals surface area contributed by atoms with Crippen LogP contribution in [0.25, 0.3) is 0 Å². The predicted octanol–water partition coefficient (Wildman–Crippen LogP) is 3.98. The summed E-state index contributed by atoms with van der Waals surface area (Å²) in [4.78, 5) is 16.6. The minimum absolute atomic E-state index is 0.159. The van der Waals surface area contributed by atoms with Crippen LogP contribution in [0.4, 0.5) is 11.4 Å². The summed E-state index contributed by atoms with van der Waals surface area (Å²) in [5.41, 5.74) is 8.85. The van der Waals surface area contributed by atoms with Gasteiger partial charge in [-0.1, -0.05) is 54.6 Å². The molecular weight excluding hydrogens is 298 g/mol. The molecule has 0 saturated heterocycles. The Labute approximate surface area is 140 Å². The fourth-order valence-corrected chi connectivity index (χ4v) is 2.26. The first kappa shape index (κ1) is 15.5. The summed E-state index contributed by atoms with van der Waals surface area (Å²) in [7, 11) is 0. The summed E-state index contributed by atoms with van der Waals surface area (Å²) in [6.07, 6.45) is 0. The monoisotopic (exact) mass is 315 g/mol. The van der Waals surface area contributed by atoms with E-state index in [2.05, 4.69) is 10.3 Å². The molecule has 0 spiro atoms. The first-order valence-electron chi connectivity index (χ1n) is 7.58. The third-order valence-electron chi connectivity index (χ3n) is 3.46. The Hall–Kier alpha value is -3.40. The number of nitrogens with two attached hydrogens (primary N) is 1. The van der Waals surface area contributed by atoms with E-state index < -0.39 is 0 Å². The van der Waals surface area contributed by atoms with Crippen molar-refractivity contribution in [1.82, 2.24) is 0 Å². The summed E-state index contributed by atoms with van der Waals surface area (Å²) in [5.74, 6) is 0.273. The number of hydrogen-bond donors (Lipinski definition) is 2. The molecule has 0 aliphatic rings. The van der Waals surface area contributed by atoms with E-state index in [1.165, 1.54) is 0 Å². The second-order valence-corrected chi connectivity index (χ2v) is 5.23. The van der Waals surface area contributed by atoms with Crippen molar-refractivity contribution in [2.45, 2.75) is 0 Å². The quantitative estimate of drug-likeness (QED) is 0.565. The molecule has 4 heteroatoms. The van der Waals surface area contributed by atoms with Gasteiger partial charge in [0.2, 0.25) is 0 Å². The number of amides is 1. The Kier molecular flexibility index (Phi) is 4.68. The minimum atomic E-state index is -0.159. The molecule has 0 bridgehead atoms. The van der Waals surface area contributed by atoms with Gasteiger partial charge in [0.15, 0.2) is 0 Å². The zero-order valence-electron chi connectivity index (χ0n) is 13.0. The van der Waals surface area contributed by atoms with Crippen molar-refractivity contribution in [3.05, 3.63) is 96.1 Å². The minimum Gasteiger partial charge on any atom is -0.383 e. The number of aliphatic imine (C=N–C) groups is 1. The van der Waals surface area contributed by atoms with E-state index in [0.717, 1.165) is 5.56 Å². The zero-order chi connectivity index (χ0) is 16.8. The summed E-state index contributed by atoms with van der Waals surface area (Å²) in [6.45, 7) is 0. The number of hydrogen-bond acceptors (Lipinski definition) is 2. The summed E-state index contributed by atoms with van der Waals surface area (Å²) < 4.78 is 0. The van der Waals surface area contributed by atoms with E-state index in [1.807, 2.05) is 66.7 Å². The molecule has 0 aliphatic heterocycles. The van der Waals surface area contributed by atoms with E-state index in [0.29, 0.717) is 22.8 Å². The van der Waals surface area contributed by atoms with E-state index in [4.69, 9.17) is 5.73 Å². The van der Waals surface area contributed by atoms with Gasteiger partial charge < -0.3 is 11.1 Å². The van der Waals surface area contributed by atoms with Crippen molar-refractivity contribution < 1.29 is 4.79 Å². The van der Waals surface area contributed by atoms with Gasteiger partial charge in [-0.05, 0) is 30.3 Å². The largest absolute Gasteiger partial charge is 0.383 e. The summed E-state index contributed by atoms with van der Waals surface area (Å²) in [5, 5.41) is 2.86. The van der Waals surface area contributed by atoms with Crippen LogP contribution >= 0.6 is 0 Å². The Morgan fingerprint density at radius 3 is 2.08 bits per heavy atom. The number of carbonyl (C=O) groups excluding carboxylic acids is 1. The van der Waals surface area contributed by atoms with E-state index >= 15 is 0 Å². The van der Waals surface area contributed by atoms with Gasteiger partial charge in [0.05, 0.1) is 5.69 Å². The molecular formula is C20H17N3O. The Balaban J connectivity index is 1.78. The number of carbonyl (C=O) groups is 1. The van der Waals surface area contributed by atoms with Crippen molar-refractivity contribution in [2.24, 2.45) is 10.7 Å². The Bertz CT molecular complexity index is 858. The van der Waals surface area contributed by atoms with Crippen LogP contribution in [0.5, 0.6) is 0 Å². The smallest absolute Gasteiger partial charge is 0.255 e. The maximum Gasteiger partial charge on any atom is 0.255 e. The van der Waals surface area contributed by atoms with E-state index in [9.17, 15) is 4.79 Å². The maximum atomic E-state index is 12.2. The molecule has 24 heavy (non-hydrogen) atoms.